The molecule has 0 radical (unpaired) electrons. The highest BCUT2D eigenvalue weighted by Gasteiger charge is 2.26. The van der Waals surface area contributed by atoms with Gasteiger partial charge in [0.05, 0.1) is 18.6 Å². The molecule has 7 heteroatoms. The van der Waals surface area contributed by atoms with Gasteiger partial charge in [-0.05, 0) is 37.1 Å². The number of hydrogen-bond acceptors (Lipinski definition) is 5. The zero-order valence-electron chi connectivity index (χ0n) is 12.9. The van der Waals surface area contributed by atoms with Crippen LogP contribution in [0.3, 0.4) is 0 Å². The number of nitrogens with zero attached hydrogens (tertiary/aromatic N) is 1. The van der Waals surface area contributed by atoms with Gasteiger partial charge in [-0.2, -0.15) is 0 Å². The molecule has 1 aliphatic heterocycles. The van der Waals surface area contributed by atoms with E-state index in [1.54, 1.807) is 12.1 Å². The van der Waals surface area contributed by atoms with Crippen LogP contribution in [0.5, 0.6) is 5.75 Å². The second-order valence-corrected chi connectivity index (χ2v) is 5.89. The number of carbonyl (C=O) groups is 2. The Morgan fingerprint density at radius 3 is 2.70 bits per heavy atom. The second kappa shape index (κ2) is 7.94. The maximum absolute atomic E-state index is 12.2. The first-order valence-electron chi connectivity index (χ1n) is 7.71. The number of phenolic OH excluding ortho intramolecular Hbond substituents is 1. The minimum atomic E-state index is -0.829. The number of aliphatic hydroxyl groups excluding tert-OH is 1. The number of carbonyl (C=O) groups excluding carboxylic acids is 2. The standard InChI is InChI=1S/C16H23N3O4/c17-15(22)10-19-7-1-2-12(9-19)16(23)18-8-14(21)11-3-5-13(20)6-4-11/h3-6,12,14,20-21H,1-2,7-10H2,(H2,17,22)(H,18,23). The molecule has 0 bridgehead atoms. The van der Waals surface area contributed by atoms with Crippen molar-refractivity contribution in [3.8, 4) is 5.75 Å². The summed E-state index contributed by atoms with van der Waals surface area (Å²) < 4.78 is 0. The Hall–Kier alpha value is -2.12. The summed E-state index contributed by atoms with van der Waals surface area (Å²) in [5.74, 6) is -0.595. The lowest BCUT2D eigenvalue weighted by Crippen LogP contribution is -2.46. The van der Waals surface area contributed by atoms with E-state index in [0.717, 1.165) is 19.4 Å². The van der Waals surface area contributed by atoms with Gasteiger partial charge in [-0.3, -0.25) is 14.5 Å². The Balaban J connectivity index is 1.81. The normalized spacial score (nSPS) is 20.0. The molecule has 1 aromatic carbocycles. The third kappa shape index (κ3) is 5.22. The summed E-state index contributed by atoms with van der Waals surface area (Å²) in [5, 5.41) is 22.0. The molecule has 1 saturated heterocycles. The first-order chi connectivity index (χ1) is 11.0. The molecule has 0 saturated carbocycles. The fraction of sp³-hybridized carbons (Fsp3) is 0.500. The first kappa shape index (κ1) is 17.2. The summed E-state index contributed by atoms with van der Waals surface area (Å²) in [6, 6.07) is 6.20. The minimum absolute atomic E-state index is 0.107. The van der Waals surface area contributed by atoms with E-state index in [-0.39, 0.29) is 30.7 Å². The van der Waals surface area contributed by atoms with E-state index < -0.39 is 12.0 Å². The van der Waals surface area contributed by atoms with Crippen LogP contribution in [0.4, 0.5) is 0 Å². The number of aliphatic hydroxyl groups is 1. The van der Waals surface area contributed by atoms with Crippen molar-refractivity contribution in [3.05, 3.63) is 29.8 Å². The molecule has 2 unspecified atom stereocenters. The molecule has 2 rings (SSSR count). The van der Waals surface area contributed by atoms with Crippen molar-refractivity contribution in [1.82, 2.24) is 10.2 Å². The first-order valence-corrected chi connectivity index (χ1v) is 7.71. The maximum atomic E-state index is 12.2. The van der Waals surface area contributed by atoms with Crippen molar-refractivity contribution >= 4 is 11.8 Å². The van der Waals surface area contributed by atoms with Crippen molar-refractivity contribution in [2.24, 2.45) is 11.7 Å². The molecule has 1 aliphatic rings. The van der Waals surface area contributed by atoms with Gasteiger partial charge >= 0.3 is 0 Å². The van der Waals surface area contributed by atoms with E-state index in [1.165, 1.54) is 12.1 Å². The van der Waals surface area contributed by atoms with Crippen LogP contribution in [-0.4, -0.2) is 53.1 Å². The van der Waals surface area contributed by atoms with E-state index in [2.05, 4.69) is 5.32 Å². The van der Waals surface area contributed by atoms with Crippen LogP contribution in [0.1, 0.15) is 24.5 Å². The zero-order valence-corrected chi connectivity index (χ0v) is 12.9. The van der Waals surface area contributed by atoms with Crippen molar-refractivity contribution in [1.29, 1.82) is 0 Å². The summed E-state index contributed by atoms with van der Waals surface area (Å²) in [4.78, 5) is 25.1. The Labute approximate surface area is 135 Å². The van der Waals surface area contributed by atoms with Gasteiger partial charge in [-0.1, -0.05) is 12.1 Å². The fourth-order valence-corrected chi connectivity index (χ4v) is 2.79. The molecule has 0 spiro atoms. The average molecular weight is 321 g/mol. The molecule has 2 atom stereocenters. The predicted molar refractivity (Wildman–Crippen MR) is 84.4 cm³/mol. The Bertz CT molecular complexity index is 547. The monoisotopic (exact) mass is 321 g/mol. The van der Waals surface area contributed by atoms with Crippen LogP contribution < -0.4 is 11.1 Å². The molecular formula is C16H23N3O4. The van der Waals surface area contributed by atoms with E-state index in [4.69, 9.17) is 5.73 Å². The smallest absolute Gasteiger partial charge is 0.231 e. The number of nitrogens with two attached hydrogens (primary N) is 1. The van der Waals surface area contributed by atoms with Crippen molar-refractivity contribution < 1.29 is 19.8 Å². The molecule has 0 aromatic heterocycles. The number of aromatic hydroxyl groups is 1. The van der Waals surface area contributed by atoms with Gasteiger partial charge < -0.3 is 21.3 Å². The van der Waals surface area contributed by atoms with Crippen LogP contribution in [0.25, 0.3) is 0 Å². The van der Waals surface area contributed by atoms with Crippen LogP contribution in [0.15, 0.2) is 24.3 Å². The van der Waals surface area contributed by atoms with Crippen molar-refractivity contribution in [3.63, 3.8) is 0 Å². The number of amides is 2. The average Bonchev–Trinajstić information content (AvgIpc) is 2.52. The highest BCUT2D eigenvalue weighted by Crippen LogP contribution is 2.18. The number of phenols is 1. The largest absolute Gasteiger partial charge is 0.508 e. The van der Waals surface area contributed by atoms with Crippen LogP contribution >= 0.6 is 0 Å². The minimum Gasteiger partial charge on any atom is -0.508 e. The van der Waals surface area contributed by atoms with Crippen LogP contribution in [-0.2, 0) is 9.59 Å². The maximum Gasteiger partial charge on any atom is 0.231 e. The summed E-state index contributed by atoms with van der Waals surface area (Å²) in [5.41, 5.74) is 5.81. The van der Waals surface area contributed by atoms with Crippen LogP contribution in [0, 0.1) is 5.92 Å². The van der Waals surface area contributed by atoms with E-state index >= 15 is 0 Å². The molecule has 1 aromatic rings. The van der Waals surface area contributed by atoms with Gasteiger partial charge in [0.25, 0.3) is 0 Å². The Morgan fingerprint density at radius 1 is 1.35 bits per heavy atom. The van der Waals surface area contributed by atoms with Gasteiger partial charge in [-0.15, -0.1) is 0 Å². The van der Waals surface area contributed by atoms with E-state index in [9.17, 15) is 19.8 Å². The predicted octanol–water partition coefficient (Wildman–Crippen LogP) is -0.261. The molecule has 1 fully saturated rings. The van der Waals surface area contributed by atoms with Crippen molar-refractivity contribution in [2.75, 3.05) is 26.2 Å². The molecule has 7 nitrogen and oxygen atoms in total. The van der Waals surface area contributed by atoms with Gasteiger partial charge in [0.15, 0.2) is 0 Å². The summed E-state index contributed by atoms with van der Waals surface area (Å²) in [6.45, 7) is 1.54. The van der Waals surface area contributed by atoms with Gasteiger partial charge in [0, 0.05) is 13.1 Å². The SMILES string of the molecule is NC(=O)CN1CCCC(C(=O)NCC(O)c2ccc(O)cc2)C1. The fourth-order valence-electron chi connectivity index (χ4n) is 2.79. The zero-order chi connectivity index (χ0) is 16.8. The van der Waals surface area contributed by atoms with Crippen LogP contribution in [0.2, 0.25) is 0 Å². The summed E-state index contributed by atoms with van der Waals surface area (Å²) >= 11 is 0. The van der Waals surface area contributed by atoms with Gasteiger partial charge in [0.1, 0.15) is 5.75 Å². The van der Waals surface area contributed by atoms with Gasteiger partial charge in [0.2, 0.25) is 11.8 Å². The molecule has 0 aliphatic carbocycles. The summed E-state index contributed by atoms with van der Waals surface area (Å²) in [6.07, 6.45) is 0.771. The topological polar surface area (TPSA) is 116 Å². The van der Waals surface area contributed by atoms with Gasteiger partial charge in [-0.25, -0.2) is 0 Å². The molecule has 23 heavy (non-hydrogen) atoms. The molecule has 2 amide bonds. The Kier molecular flexibility index (Phi) is 5.95. The molecule has 126 valence electrons. The number of rotatable bonds is 6. The Morgan fingerprint density at radius 2 is 2.04 bits per heavy atom. The molecule has 5 N–H and O–H groups in total. The summed E-state index contributed by atoms with van der Waals surface area (Å²) in [7, 11) is 0. The highest BCUT2D eigenvalue weighted by molar-refractivity contribution is 5.79. The third-order valence-electron chi connectivity index (χ3n) is 4.00. The lowest BCUT2D eigenvalue weighted by Gasteiger charge is -2.31. The lowest BCUT2D eigenvalue weighted by molar-refractivity contribution is -0.128. The van der Waals surface area contributed by atoms with E-state index in [0.29, 0.717) is 12.1 Å². The number of benzene rings is 1. The second-order valence-electron chi connectivity index (χ2n) is 5.89. The number of nitrogens with one attached hydrogen (secondary N) is 1. The van der Waals surface area contributed by atoms with E-state index in [1.807, 2.05) is 4.90 Å². The number of piperidine rings is 1. The van der Waals surface area contributed by atoms with Crippen molar-refractivity contribution in [2.45, 2.75) is 18.9 Å². The molecule has 1 heterocycles. The number of hydrogen-bond donors (Lipinski definition) is 4. The quantitative estimate of drug-likeness (QED) is 0.576. The lowest BCUT2D eigenvalue weighted by atomic mass is 9.97. The molecular weight excluding hydrogens is 298 g/mol. The number of primary amides is 1. The highest BCUT2D eigenvalue weighted by atomic mass is 16.3. The third-order valence-corrected chi connectivity index (χ3v) is 4.00. The number of likely N-dealkylation sites (tertiary alicyclic amines) is 1.